The summed E-state index contributed by atoms with van der Waals surface area (Å²) in [6.07, 6.45) is 1.04. The molecule has 6 aromatic rings. The number of hydrogen-bond acceptors (Lipinski definition) is 6. The topological polar surface area (TPSA) is 40.5 Å². The lowest BCUT2D eigenvalue weighted by Gasteiger charge is -2.16. The van der Waals surface area contributed by atoms with Crippen LogP contribution in [0.3, 0.4) is 0 Å². The highest BCUT2D eigenvalue weighted by molar-refractivity contribution is 7.14. The molecule has 8 rings (SSSR count). The van der Waals surface area contributed by atoms with E-state index in [4.69, 9.17) is 0 Å². The van der Waals surface area contributed by atoms with Gasteiger partial charge in [-0.05, 0) is 56.9 Å². The Labute approximate surface area is 254 Å². The van der Waals surface area contributed by atoms with E-state index in [1.807, 2.05) is 22.9 Å². The molecule has 2 nitrogen and oxygen atoms in total. The van der Waals surface area contributed by atoms with Gasteiger partial charge in [-0.15, -0.1) is 45.3 Å². The maximum Gasteiger partial charge on any atom is 0.138 e. The van der Waals surface area contributed by atoms with E-state index >= 15 is 0 Å². The summed E-state index contributed by atoms with van der Waals surface area (Å²) in [5.74, 6) is -1.78. The number of aliphatic hydroxyl groups excluding tert-OH is 2. The molecule has 42 heavy (non-hydrogen) atoms. The van der Waals surface area contributed by atoms with Gasteiger partial charge < -0.3 is 10.2 Å². The van der Waals surface area contributed by atoms with Crippen LogP contribution < -0.4 is 0 Å². The van der Waals surface area contributed by atoms with Gasteiger partial charge in [-0.3, -0.25) is 0 Å². The van der Waals surface area contributed by atoms with Gasteiger partial charge in [-0.1, -0.05) is 12.1 Å². The van der Waals surface area contributed by atoms with Gasteiger partial charge in [0.25, 0.3) is 0 Å². The summed E-state index contributed by atoms with van der Waals surface area (Å²) in [5, 5.41) is 26.5. The van der Waals surface area contributed by atoms with E-state index in [2.05, 4.69) is 0 Å². The predicted octanol–water partition coefficient (Wildman–Crippen LogP) is 9.64. The normalized spacial score (nSPS) is 12.5. The summed E-state index contributed by atoms with van der Waals surface area (Å²) in [6.45, 7) is -1.22. The fraction of sp³-hybridized carbons (Fsp3) is 0.125. The molecule has 2 aliphatic rings. The van der Waals surface area contributed by atoms with Gasteiger partial charge in [0.15, 0.2) is 0 Å². The van der Waals surface area contributed by atoms with Crippen LogP contribution in [0.15, 0.2) is 57.9 Å². The summed E-state index contributed by atoms with van der Waals surface area (Å²) in [4.78, 5) is 2.87. The molecule has 0 fully saturated rings. The maximum absolute atomic E-state index is 14.9. The molecule has 2 N–H and O–H groups in total. The fourth-order valence-corrected chi connectivity index (χ4v) is 9.36. The zero-order valence-electron chi connectivity index (χ0n) is 21.6. The molecule has 4 aromatic heterocycles. The first-order valence-corrected chi connectivity index (χ1v) is 16.4. The van der Waals surface area contributed by atoms with E-state index in [-0.39, 0.29) is 33.9 Å². The highest BCUT2D eigenvalue weighted by atomic mass is 32.1. The minimum absolute atomic E-state index is 0.0272. The molecular weight excluding hydrogens is 621 g/mol. The first-order chi connectivity index (χ1) is 20.4. The molecule has 10 heteroatoms. The van der Waals surface area contributed by atoms with Gasteiger partial charge in [-0.2, -0.15) is 0 Å². The van der Waals surface area contributed by atoms with Crippen LogP contribution in [0.5, 0.6) is 0 Å². The van der Waals surface area contributed by atoms with E-state index < -0.39 is 24.8 Å². The molecule has 212 valence electrons. The zero-order chi connectivity index (χ0) is 29.1. The molecule has 0 atom stereocenters. The number of aliphatic hydroxyl groups is 2. The Hall–Kier alpha value is -3.12. The quantitative estimate of drug-likeness (QED) is 0.188. The van der Waals surface area contributed by atoms with Crippen molar-refractivity contribution >= 4 is 45.3 Å². The monoisotopic (exact) mass is 640 g/mol. The summed E-state index contributed by atoms with van der Waals surface area (Å²) in [5.41, 5.74) is 4.12. The lowest BCUT2D eigenvalue weighted by atomic mass is 9.95. The Bertz CT molecular complexity index is 1810. The largest absolute Gasteiger partial charge is 0.392 e. The number of hydrogen-bond donors (Lipinski definition) is 2. The minimum atomic E-state index is -0.682. The van der Waals surface area contributed by atoms with E-state index in [0.29, 0.717) is 44.8 Å². The van der Waals surface area contributed by atoms with Gasteiger partial charge in [0.05, 0.1) is 13.2 Å². The van der Waals surface area contributed by atoms with Crippen LogP contribution in [-0.2, 0) is 26.1 Å². The lowest BCUT2D eigenvalue weighted by Crippen LogP contribution is -2.06. The Morgan fingerprint density at radius 3 is 1.31 bits per heavy atom. The van der Waals surface area contributed by atoms with Crippen LogP contribution in [0.25, 0.3) is 41.8 Å². The minimum Gasteiger partial charge on any atom is -0.392 e. The van der Waals surface area contributed by atoms with Crippen LogP contribution >= 0.6 is 45.3 Å². The van der Waals surface area contributed by atoms with E-state index in [9.17, 15) is 27.8 Å². The van der Waals surface area contributed by atoms with Crippen LogP contribution in [0.2, 0.25) is 0 Å². The van der Waals surface area contributed by atoms with Crippen molar-refractivity contribution in [3.8, 4) is 41.8 Å². The van der Waals surface area contributed by atoms with Gasteiger partial charge in [-0.25, -0.2) is 17.6 Å². The van der Waals surface area contributed by atoms with Crippen molar-refractivity contribution in [2.24, 2.45) is 0 Å². The van der Waals surface area contributed by atoms with Crippen LogP contribution in [0.1, 0.15) is 33.4 Å². The highest BCUT2D eigenvalue weighted by Crippen LogP contribution is 2.51. The number of halogens is 4. The van der Waals surface area contributed by atoms with Gasteiger partial charge >= 0.3 is 0 Å². The molecule has 0 radical (unpaired) electrons. The van der Waals surface area contributed by atoms with Crippen molar-refractivity contribution in [1.82, 2.24) is 0 Å². The number of thiophene rings is 4. The van der Waals surface area contributed by atoms with Crippen molar-refractivity contribution in [3.05, 3.63) is 115 Å². The molecule has 2 aliphatic carbocycles. The van der Waals surface area contributed by atoms with E-state index in [1.165, 1.54) is 45.3 Å². The lowest BCUT2D eigenvalue weighted by molar-refractivity contribution is 0.269. The highest BCUT2D eigenvalue weighted by Gasteiger charge is 2.35. The summed E-state index contributed by atoms with van der Waals surface area (Å²) < 4.78 is 59.6. The van der Waals surface area contributed by atoms with Crippen molar-refractivity contribution in [1.29, 1.82) is 0 Å². The van der Waals surface area contributed by atoms with Crippen molar-refractivity contribution in [2.45, 2.75) is 26.1 Å². The summed E-state index contributed by atoms with van der Waals surface area (Å²) in [6, 6.07) is 10.7. The smallest absolute Gasteiger partial charge is 0.138 e. The second kappa shape index (κ2) is 10.9. The maximum atomic E-state index is 14.9. The van der Waals surface area contributed by atoms with Crippen LogP contribution in [0.4, 0.5) is 17.6 Å². The number of benzene rings is 2. The van der Waals surface area contributed by atoms with Crippen LogP contribution in [-0.4, -0.2) is 10.2 Å². The molecule has 4 heterocycles. The third kappa shape index (κ3) is 4.16. The second-order valence-electron chi connectivity index (χ2n) is 9.84. The zero-order valence-corrected chi connectivity index (χ0v) is 24.9. The number of rotatable bonds is 4. The van der Waals surface area contributed by atoms with Crippen LogP contribution in [0, 0.1) is 23.3 Å². The standard InChI is InChI=1S/C16H12F2O2S2.C16H8F2S2/c17-15-10(8-20)14(12-4-2-6-22-12)16(18)9(7-19)13(15)11-3-1-5-21-11;17-13-9-5-7-1-3-19-15(7)11(9)14(18)10-6-8-2-4-20-16(8)12(10)13/h1-6,19-20H,7-8H2;1-4H,5-6H2. The third-order valence-electron chi connectivity index (χ3n) is 7.68. The molecule has 0 unspecified atom stereocenters. The predicted molar refractivity (Wildman–Crippen MR) is 163 cm³/mol. The second-order valence-corrected chi connectivity index (χ2v) is 13.6. The molecule has 0 spiro atoms. The third-order valence-corrected chi connectivity index (χ3v) is 11.4. The Morgan fingerprint density at radius 1 is 0.524 bits per heavy atom. The summed E-state index contributed by atoms with van der Waals surface area (Å²) in [7, 11) is 0. The molecule has 0 saturated carbocycles. The van der Waals surface area contributed by atoms with Crippen molar-refractivity contribution in [2.75, 3.05) is 0 Å². The molecule has 0 aliphatic heterocycles. The first kappa shape index (κ1) is 27.7. The molecule has 0 amide bonds. The molecule has 0 bridgehead atoms. The van der Waals surface area contributed by atoms with E-state index in [0.717, 1.165) is 20.9 Å². The van der Waals surface area contributed by atoms with Gasteiger partial charge in [0.2, 0.25) is 0 Å². The first-order valence-electron chi connectivity index (χ1n) is 12.9. The van der Waals surface area contributed by atoms with Crippen molar-refractivity contribution in [3.63, 3.8) is 0 Å². The average molecular weight is 641 g/mol. The Morgan fingerprint density at radius 2 is 0.952 bits per heavy atom. The molecule has 2 aromatic carbocycles. The Kier molecular flexibility index (Phi) is 7.16. The average Bonchev–Trinajstić information content (AvgIpc) is 3.81. The molecular formula is C32H20F4O2S4. The number of fused-ring (bicyclic) bond motifs is 6. The summed E-state index contributed by atoms with van der Waals surface area (Å²) >= 11 is 5.52. The van der Waals surface area contributed by atoms with Gasteiger partial charge in [0.1, 0.15) is 23.3 Å². The van der Waals surface area contributed by atoms with E-state index in [1.54, 1.807) is 35.0 Å². The Balaban J connectivity index is 0.000000137. The van der Waals surface area contributed by atoms with Gasteiger partial charge in [0, 0.05) is 76.9 Å². The SMILES string of the molecule is Fc1c2c(c(F)c3c1-c1sccc1C3)-c1sccc1C2.OCc1c(F)c(-c2cccs2)c(CO)c(F)c1-c1cccs1. The van der Waals surface area contributed by atoms with Crippen molar-refractivity contribution < 1.29 is 27.8 Å². The fourth-order valence-electron chi connectivity index (χ4n) is 5.80. The molecule has 0 saturated heterocycles.